The van der Waals surface area contributed by atoms with Crippen LogP contribution < -0.4 is 5.32 Å². The molecule has 0 radical (unpaired) electrons. The Morgan fingerprint density at radius 3 is 2.92 bits per heavy atom. The largest absolute Gasteiger partial charge is 0.385 e. The van der Waals surface area contributed by atoms with Gasteiger partial charge in [-0.05, 0) is 54.3 Å². The van der Waals surface area contributed by atoms with Crippen molar-refractivity contribution in [2.75, 3.05) is 11.9 Å². The third kappa shape index (κ3) is 4.09. The summed E-state index contributed by atoms with van der Waals surface area (Å²) in [7, 11) is 0. The van der Waals surface area contributed by atoms with Crippen LogP contribution in [0.2, 0.25) is 0 Å². The van der Waals surface area contributed by atoms with Gasteiger partial charge >= 0.3 is 0 Å². The number of rotatable bonds is 7. The molecule has 0 spiro atoms. The van der Waals surface area contributed by atoms with Crippen molar-refractivity contribution >= 4 is 22.3 Å². The van der Waals surface area contributed by atoms with Crippen LogP contribution >= 0.6 is 0 Å². The lowest BCUT2D eigenvalue weighted by atomic mass is 9.93. The average molecular weight is 348 g/mol. The number of fused-ring (bicyclic) bond motifs is 1. The molecular formula is C21H21FN4. The summed E-state index contributed by atoms with van der Waals surface area (Å²) in [6.45, 7) is 2.69. The number of nitrogens with one attached hydrogen (secondary N) is 3. The summed E-state index contributed by atoms with van der Waals surface area (Å²) < 4.78 is 13.2. The zero-order valence-corrected chi connectivity index (χ0v) is 14.6. The highest BCUT2D eigenvalue weighted by Gasteiger charge is 2.14. The zero-order valence-electron chi connectivity index (χ0n) is 14.6. The van der Waals surface area contributed by atoms with E-state index in [1.54, 1.807) is 12.1 Å². The molecule has 5 heteroatoms. The van der Waals surface area contributed by atoms with Gasteiger partial charge in [-0.1, -0.05) is 13.0 Å². The molecule has 0 bridgehead atoms. The molecule has 3 rings (SSSR count). The lowest BCUT2D eigenvalue weighted by Crippen LogP contribution is -2.10. The summed E-state index contributed by atoms with van der Waals surface area (Å²) in [4.78, 5) is 3.24. The Morgan fingerprint density at radius 1 is 1.31 bits per heavy atom. The van der Waals surface area contributed by atoms with Crippen LogP contribution in [0, 0.1) is 22.6 Å². The second-order valence-electron chi connectivity index (χ2n) is 6.51. The van der Waals surface area contributed by atoms with E-state index in [9.17, 15) is 4.39 Å². The van der Waals surface area contributed by atoms with E-state index in [4.69, 9.17) is 10.7 Å². The number of nitrogens with zero attached hydrogens (tertiary/aromatic N) is 1. The van der Waals surface area contributed by atoms with E-state index in [2.05, 4.69) is 23.3 Å². The fourth-order valence-corrected chi connectivity index (χ4v) is 3.16. The predicted octanol–water partition coefficient (Wildman–Crippen LogP) is 5.19. The van der Waals surface area contributed by atoms with Crippen LogP contribution in [0.15, 0.2) is 48.7 Å². The molecule has 1 heterocycles. The summed E-state index contributed by atoms with van der Waals surface area (Å²) in [6, 6.07) is 14.1. The summed E-state index contributed by atoms with van der Waals surface area (Å²) in [5.41, 5.74) is 4.14. The molecule has 1 atom stereocenters. The van der Waals surface area contributed by atoms with Crippen LogP contribution in [0.1, 0.15) is 36.8 Å². The van der Waals surface area contributed by atoms with Crippen LogP contribution in [0.4, 0.5) is 10.1 Å². The third-order valence-electron chi connectivity index (χ3n) is 4.51. The standard InChI is InChI=1S/C21H21FN4/c1-14(20-13-26-21-6-5-15(12-23)10-19(20)21)9-17(24)7-8-25-18-4-2-3-16(22)11-18/h2-6,10-11,13-14,24-26H,7-9H2,1H3. The van der Waals surface area contributed by atoms with Gasteiger partial charge in [0.05, 0.1) is 11.6 Å². The first-order valence-electron chi connectivity index (χ1n) is 8.63. The third-order valence-corrected chi connectivity index (χ3v) is 4.51. The van der Waals surface area contributed by atoms with Crippen LogP contribution in [-0.4, -0.2) is 17.2 Å². The van der Waals surface area contributed by atoms with Crippen molar-refractivity contribution in [1.29, 1.82) is 10.7 Å². The number of aromatic amines is 1. The summed E-state index contributed by atoms with van der Waals surface area (Å²) in [6.07, 6.45) is 3.22. The fourth-order valence-electron chi connectivity index (χ4n) is 3.16. The minimum Gasteiger partial charge on any atom is -0.385 e. The Labute approximate surface area is 152 Å². The smallest absolute Gasteiger partial charge is 0.125 e. The molecule has 4 nitrogen and oxygen atoms in total. The Bertz CT molecular complexity index is 968. The second kappa shape index (κ2) is 7.83. The van der Waals surface area contributed by atoms with E-state index >= 15 is 0 Å². The normalized spacial score (nSPS) is 11.9. The molecule has 0 aliphatic heterocycles. The maximum Gasteiger partial charge on any atom is 0.125 e. The molecule has 26 heavy (non-hydrogen) atoms. The summed E-state index contributed by atoms with van der Waals surface area (Å²) in [5, 5.41) is 21.5. The molecule has 132 valence electrons. The average Bonchev–Trinajstić information content (AvgIpc) is 3.04. The molecule has 1 unspecified atom stereocenters. The van der Waals surface area contributed by atoms with Gasteiger partial charge < -0.3 is 15.7 Å². The molecule has 0 amide bonds. The number of H-pyrrole nitrogens is 1. The topological polar surface area (TPSA) is 75.5 Å². The fraction of sp³-hybridized carbons (Fsp3) is 0.238. The molecule has 0 saturated carbocycles. The maximum absolute atomic E-state index is 13.2. The first-order valence-corrected chi connectivity index (χ1v) is 8.63. The number of hydrogen-bond acceptors (Lipinski definition) is 3. The highest BCUT2D eigenvalue weighted by Crippen LogP contribution is 2.28. The van der Waals surface area contributed by atoms with Crippen molar-refractivity contribution in [3.05, 3.63) is 65.6 Å². The molecule has 0 aliphatic carbocycles. The van der Waals surface area contributed by atoms with Crippen molar-refractivity contribution in [2.45, 2.75) is 25.7 Å². The minimum absolute atomic E-state index is 0.180. The van der Waals surface area contributed by atoms with Crippen LogP contribution in [0.25, 0.3) is 10.9 Å². The molecule has 0 fully saturated rings. The predicted molar refractivity (Wildman–Crippen MR) is 103 cm³/mol. The Kier molecular flexibility index (Phi) is 5.33. The van der Waals surface area contributed by atoms with Gasteiger partial charge in [-0.25, -0.2) is 4.39 Å². The van der Waals surface area contributed by atoms with Crippen LogP contribution in [-0.2, 0) is 0 Å². The number of halogens is 1. The van der Waals surface area contributed by atoms with Gasteiger partial charge in [0.2, 0.25) is 0 Å². The quantitative estimate of drug-likeness (QED) is 0.514. The highest BCUT2D eigenvalue weighted by molar-refractivity contribution is 5.87. The van der Waals surface area contributed by atoms with Crippen LogP contribution in [0.5, 0.6) is 0 Å². The van der Waals surface area contributed by atoms with Crippen molar-refractivity contribution < 1.29 is 4.39 Å². The van der Waals surface area contributed by atoms with E-state index in [1.807, 2.05) is 24.4 Å². The van der Waals surface area contributed by atoms with Gasteiger partial charge in [0.1, 0.15) is 5.82 Å². The Balaban J connectivity index is 1.58. The van der Waals surface area contributed by atoms with Gasteiger partial charge in [-0.3, -0.25) is 0 Å². The van der Waals surface area contributed by atoms with Crippen LogP contribution in [0.3, 0.4) is 0 Å². The zero-order chi connectivity index (χ0) is 18.5. The number of anilines is 1. The van der Waals surface area contributed by atoms with Gasteiger partial charge in [0.25, 0.3) is 0 Å². The first kappa shape index (κ1) is 17.7. The van der Waals surface area contributed by atoms with Crippen molar-refractivity contribution in [3.8, 4) is 6.07 Å². The second-order valence-corrected chi connectivity index (χ2v) is 6.51. The molecule has 1 aromatic heterocycles. The summed E-state index contributed by atoms with van der Waals surface area (Å²) in [5.74, 6) is -0.0888. The van der Waals surface area contributed by atoms with E-state index in [1.165, 1.54) is 12.1 Å². The lowest BCUT2D eigenvalue weighted by molar-refractivity contribution is 0.628. The first-order chi connectivity index (χ1) is 12.6. The summed E-state index contributed by atoms with van der Waals surface area (Å²) >= 11 is 0. The minimum atomic E-state index is -0.269. The number of nitriles is 1. The molecule has 3 N–H and O–H groups in total. The van der Waals surface area contributed by atoms with E-state index in [0.717, 1.165) is 22.2 Å². The highest BCUT2D eigenvalue weighted by atomic mass is 19.1. The SMILES string of the molecule is CC(CC(=N)CCNc1cccc(F)c1)c1c[nH]c2ccc(C#N)cc12. The number of hydrogen-bond donors (Lipinski definition) is 3. The Hall–Kier alpha value is -3.13. The van der Waals surface area contributed by atoms with E-state index in [-0.39, 0.29) is 11.7 Å². The monoisotopic (exact) mass is 348 g/mol. The molecular weight excluding hydrogens is 327 g/mol. The number of benzene rings is 2. The maximum atomic E-state index is 13.2. The number of aromatic nitrogens is 1. The van der Waals surface area contributed by atoms with Gasteiger partial charge in [0, 0.05) is 41.5 Å². The molecule has 3 aromatic rings. The van der Waals surface area contributed by atoms with E-state index in [0.29, 0.717) is 30.7 Å². The molecule has 0 saturated heterocycles. The Morgan fingerprint density at radius 2 is 2.15 bits per heavy atom. The van der Waals surface area contributed by atoms with Gasteiger partial charge in [-0.15, -0.1) is 0 Å². The molecule has 0 aliphatic rings. The van der Waals surface area contributed by atoms with Crippen molar-refractivity contribution in [2.24, 2.45) is 0 Å². The van der Waals surface area contributed by atoms with Gasteiger partial charge in [0.15, 0.2) is 0 Å². The lowest BCUT2D eigenvalue weighted by Gasteiger charge is -2.13. The van der Waals surface area contributed by atoms with Gasteiger partial charge in [-0.2, -0.15) is 5.26 Å². The van der Waals surface area contributed by atoms with E-state index < -0.39 is 0 Å². The molecule has 2 aromatic carbocycles. The van der Waals surface area contributed by atoms with Crippen molar-refractivity contribution in [3.63, 3.8) is 0 Å². The van der Waals surface area contributed by atoms with Crippen molar-refractivity contribution in [1.82, 2.24) is 4.98 Å².